The Morgan fingerprint density at radius 3 is 2.80 bits per heavy atom. The number of carbonyl (C=O) groups is 1. The molecule has 2 unspecified atom stereocenters. The van der Waals surface area contributed by atoms with Crippen LogP contribution in [0.15, 0.2) is 0 Å². The Labute approximate surface area is 91.6 Å². The van der Waals surface area contributed by atoms with Crippen molar-refractivity contribution in [1.29, 1.82) is 0 Å². The van der Waals surface area contributed by atoms with E-state index in [1.807, 2.05) is 19.0 Å². The highest BCUT2D eigenvalue weighted by molar-refractivity contribution is 5.83. The Hall–Kier alpha value is -0.610. The van der Waals surface area contributed by atoms with Gasteiger partial charge in [-0.3, -0.25) is 9.69 Å². The van der Waals surface area contributed by atoms with E-state index < -0.39 is 0 Å². The molecule has 1 amide bonds. The molecule has 0 spiro atoms. The average molecular weight is 211 g/mol. The summed E-state index contributed by atoms with van der Waals surface area (Å²) in [6, 6.07) is 0.178. The zero-order chi connectivity index (χ0) is 10.8. The van der Waals surface area contributed by atoms with Gasteiger partial charge < -0.3 is 10.2 Å². The first-order chi connectivity index (χ1) is 7.22. The molecular weight excluding hydrogens is 190 g/mol. The van der Waals surface area contributed by atoms with Gasteiger partial charge in [0, 0.05) is 20.1 Å². The number of nitrogens with zero attached hydrogens (tertiary/aromatic N) is 2. The lowest BCUT2D eigenvalue weighted by atomic mass is 10.1. The SMILES string of the molecule is CNCC1CCN(C2CCN(C)C2=O)C1. The molecule has 2 atom stereocenters. The summed E-state index contributed by atoms with van der Waals surface area (Å²) in [5.41, 5.74) is 0. The largest absolute Gasteiger partial charge is 0.344 e. The van der Waals surface area contributed by atoms with Crippen molar-refractivity contribution in [3.63, 3.8) is 0 Å². The van der Waals surface area contributed by atoms with Crippen LogP contribution in [0.3, 0.4) is 0 Å². The van der Waals surface area contributed by atoms with Gasteiger partial charge in [0.2, 0.25) is 5.91 Å². The number of likely N-dealkylation sites (tertiary alicyclic amines) is 2. The van der Waals surface area contributed by atoms with Crippen molar-refractivity contribution in [3.05, 3.63) is 0 Å². The summed E-state index contributed by atoms with van der Waals surface area (Å²) in [5.74, 6) is 1.05. The second-order valence-electron chi connectivity index (χ2n) is 4.77. The molecule has 2 saturated heterocycles. The molecular formula is C11H21N3O. The number of nitrogens with one attached hydrogen (secondary N) is 1. The van der Waals surface area contributed by atoms with E-state index in [0.717, 1.165) is 38.5 Å². The van der Waals surface area contributed by atoms with E-state index in [1.165, 1.54) is 6.42 Å². The normalized spacial score (nSPS) is 32.9. The predicted octanol–water partition coefficient (Wildman–Crippen LogP) is -0.242. The van der Waals surface area contributed by atoms with Crippen LogP contribution >= 0.6 is 0 Å². The Morgan fingerprint density at radius 2 is 2.20 bits per heavy atom. The van der Waals surface area contributed by atoms with Crippen LogP contribution in [0.25, 0.3) is 0 Å². The molecule has 0 aliphatic carbocycles. The van der Waals surface area contributed by atoms with Crippen LogP contribution in [0.2, 0.25) is 0 Å². The van der Waals surface area contributed by atoms with E-state index in [0.29, 0.717) is 5.91 Å². The highest BCUT2D eigenvalue weighted by Crippen LogP contribution is 2.23. The van der Waals surface area contributed by atoms with Crippen LogP contribution in [0.5, 0.6) is 0 Å². The average Bonchev–Trinajstić information content (AvgIpc) is 2.77. The molecule has 1 N–H and O–H groups in total. The van der Waals surface area contributed by atoms with E-state index in [9.17, 15) is 4.79 Å². The molecule has 2 rings (SSSR count). The van der Waals surface area contributed by atoms with Crippen molar-refractivity contribution in [1.82, 2.24) is 15.1 Å². The minimum atomic E-state index is 0.178. The van der Waals surface area contributed by atoms with Crippen LogP contribution in [0.1, 0.15) is 12.8 Å². The molecule has 0 aromatic rings. The minimum Gasteiger partial charge on any atom is -0.344 e. The van der Waals surface area contributed by atoms with Gasteiger partial charge in [0.25, 0.3) is 0 Å². The van der Waals surface area contributed by atoms with Crippen molar-refractivity contribution in [2.45, 2.75) is 18.9 Å². The second-order valence-corrected chi connectivity index (χ2v) is 4.77. The maximum absolute atomic E-state index is 11.8. The number of hydrogen-bond donors (Lipinski definition) is 1. The van der Waals surface area contributed by atoms with Crippen molar-refractivity contribution in [2.24, 2.45) is 5.92 Å². The topological polar surface area (TPSA) is 35.6 Å². The molecule has 0 aromatic heterocycles. The van der Waals surface area contributed by atoms with Crippen LogP contribution in [-0.2, 0) is 4.79 Å². The summed E-state index contributed by atoms with van der Waals surface area (Å²) in [6.07, 6.45) is 2.25. The first-order valence-corrected chi connectivity index (χ1v) is 5.86. The fraction of sp³-hybridized carbons (Fsp3) is 0.909. The third kappa shape index (κ3) is 2.16. The molecule has 4 heteroatoms. The van der Waals surface area contributed by atoms with Gasteiger partial charge in [-0.15, -0.1) is 0 Å². The van der Waals surface area contributed by atoms with E-state index in [1.54, 1.807) is 0 Å². The molecule has 2 heterocycles. The molecule has 2 fully saturated rings. The van der Waals surface area contributed by atoms with E-state index in [2.05, 4.69) is 10.2 Å². The van der Waals surface area contributed by atoms with Gasteiger partial charge in [-0.25, -0.2) is 0 Å². The number of amides is 1. The maximum Gasteiger partial charge on any atom is 0.239 e. The standard InChI is InChI=1S/C11H21N3O/c1-12-7-9-3-6-14(8-9)10-4-5-13(2)11(10)15/h9-10,12H,3-8H2,1-2H3. The second kappa shape index (κ2) is 4.49. The van der Waals surface area contributed by atoms with Gasteiger partial charge in [0.1, 0.15) is 0 Å². The molecule has 2 aliphatic rings. The third-order valence-corrected chi connectivity index (χ3v) is 3.65. The van der Waals surface area contributed by atoms with Gasteiger partial charge in [0.05, 0.1) is 6.04 Å². The minimum absolute atomic E-state index is 0.178. The molecule has 4 nitrogen and oxygen atoms in total. The molecule has 0 aromatic carbocycles. The first-order valence-electron chi connectivity index (χ1n) is 5.86. The summed E-state index contributed by atoms with van der Waals surface area (Å²) >= 11 is 0. The van der Waals surface area contributed by atoms with Gasteiger partial charge in [-0.05, 0) is 38.9 Å². The van der Waals surface area contributed by atoms with Gasteiger partial charge in [0.15, 0.2) is 0 Å². The summed E-state index contributed by atoms with van der Waals surface area (Å²) in [6.45, 7) is 4.19. The van der Waals surface area contributed by atoms with Crippen LogP contribution in [0, 0.1) is 5.92 Å². The van der Waals surface area contributed by atoms with E-state index in [-0.39, 0.29) is 6.04 Å². The zero-order valence-electron chi connectivity index (χ0n) is 9.70. The Morgan fingerprint density at radius 1 is 1.40 bits per heavy atom. The summed E-state index contributed by atoms with van der Waals surface area (Å²) in [5, 5.41) is 3.22. The van der Waals surface area contributed by atoms with E-state index in [4.69, 9.17) is 0 Å². The fourth-order valence-electron chi connectivity index (χ4n) is 2.74. The summed E-state index contributed by atoms with van der Waals surface area (Å²) in [7, 11) is 3.90. The lowest BCUT2D eigenvalue weighted by molar-refractivity contribution is -0.130. The Balaban J connectivity index is 1.88. The molecule has 15 heavy (non-hydrogen) atoms. The Bertz CT molecular complexity index is 244. The van der Waals surface area contributed by atoms with Crippen LogP contribution in [0.4, 0.5) is 0 Å². The van der Waals surface area contributed by atoms with Crippen molar-refractivity contribution < 1.29 is 4.79 Å². The quantitative estimate of drug-likeness (QED) is 0.700. The number of rotatable bonds is 3. The molecule has 0 saturated carbocycles. The lowest BCUT2D eigenvalue weighted by Crippen LogP contribution is -2.40. The molecule has 86 valence electrons. The smallest absolute Gasteiger partial charge is 0.239 e. The number of hydrogen-bond acceptors (Lipinski definition) is 3. The van der Waals surface area contributed by atoms with Crippen molar-refractivity contribution >= 4 is 5.91 Å². The number of likely N-dealkylation sites (N-methyl/N-ethyl adjacent to an activating group) is 1. The Kier molecular flexibility index (Phi) is 3.26. The summed E-state index contributed by atoms with van der Waals surface area (Å²) < 4.78 is 0. The van der Waals surface area contributed by atoms with Gasteiger partial charge in [-0.1, -0.05) is 0 Å². The summed E-state index contributed by atoms with van der Waals surface area (Å²) in [4.78, 5) is 16.1. The highest BCUT2D eigenvalue weighted by atomic mass is 16.2. The lowest BCUT2D eigenvalue weighted by Gasteiger charge is -2.22. The molecule has 0 bridgehead atoms. The van der Waals surface area contributed by atoms with Crippen LogP contribution < -0.4 is 5.32 Å². The van der Waals surface area contributed by atoms with Gasteiger partial charge in [-0.2, -0.15) is 0 Å². The fourth-order valence-corrected chi connectivity index (χ4v) is 2.74. The first kappa shape index (κ1) is 10.9. The van der Waals surface area contributed by atoms with Crippen molar-refractivity contribution in [3.8, 4) is 0 Å². The maximum atomic E-state index is 11.8. The molecule has 2 aliphatic heterocycles. The molecule has 0 radical (unpaired) electrons. The van der Waals surface area contributed by atoms with Crippen molar-refractivity contribution in [2.75, 3.05) is 40.3 Å². The third-order valence-electron chi connectivity index (χ3n) is 3.65. The monoisotopic (exact) mass is 211 g/mol. The van der Waals surface area contributed by atoms with E-state index >= 15 is 0 Å². The number of carbonyl (C=O) groups excluding carboxylic acids is 1. The van der Waals surface area contributed by atoms with Crippen LogP contribution in [-0.4, -0.2) is 62.0 Å². The van der Waals surface area contributed by atoms with Gasteiger partial charge >= 0.3 is 0 Å². The predicted molar refractivity (Wildman–Crippen MR) is 59.6 cm³/mol. The zero-order valence-corrected chi connectivity index (χ0v) is 9.70. The highest BCUT2D eigenvalue weighted by Gasteiger charge is 2.37.